The van der Waals surface area contributed by atoms with E-state index in [4.69, 9.17) is 4.74 Å². The second-order valence-electron chi connectivity index (χ2n) is 7.81. The molecule has 1 amide bonds. The maximum Gasteiger partial charge on any atom is 0.251 e. The number of hydrogen-bond donors (Lipinski definition) is 2. The van der Waals surface area contributed by atoms with E-state index in [9.17, 15) is 18.3 Å². The summed E-state index contributed by atoms with van der Waals surface area (Å²) in [6.07, 6.45) is 5.16. The fourth-order valence-corrected chi connectivity index (χ4v) is 5.95. The molecule has 1 heterocycles. The summed E-state index contributed by atoms with van der Waals surface area (Å²) in [5, 5.41) is 12.6. The maximum absolute atomic E-state index is 13.3. The summed E-state index contributed by atoms with van der Waals surface area (Å²) in [5.74, 6) is -0.0534. The molecular weight excluding hydrogens is 380 g/mol. The summed E-state index contributed by atoms with van der Waals surface area (Å²) in [7, 11) is -2.32. The van der Waals surface area contributed by atoms with E-state index in [0.717, 1.165) is 32.1 Å². The predicted octanol–water partition coefficient (Wildman–Crippen LogP) is 2.29. The minimum atomic E-state index is -3.76. The van der Waals surface area contributed by atoms with Gasteiger partial charge in [0.1, 0.15) is 10.6 Å². The molecule has 1 aliphatic carbocycles. The molecule has 2 N–H and O–H groups in total. The van der Waals surface area contributed by atoms with Crippen LogP contribution in [0.5, 0.6) is 5.75 Å². The van der Waals surface area contributed by atoms with Crippen molar-refractivity contribution in [2.24, 2.45) is 0 Å². The van der Waals surface area contributed by atoms with Crippen LogP contribution >= 0.6 is 0 Å². The van der Waals surface area contributed by atoms with Crippen molar-refractivity contribution in [1.82, 2.24) is 9.62 Å². The zero-order valence-corrected chi connectivity index (χ0v) is 17.4. The van der Waals surface area contributed by atoms with E-state index >= 15 is 0 Å². The molecule has 0 spiro atoms. The zero-order chi connectivity index (χ0) is 20.3. The number of aliphatic hydroxyl groups excluding tert-OH is 1. The molecule has 28 heavy (non-hydrogen) atoms. The van der Waals surface area contributed by atoms with Crippen LogP contribution in [-0.4, -0.2) is 55.6 Å². The number of hydrogen-bond acceptors (Lipinski definition) is 5. The van der Waals surface area contributed by atoms with Crippen molar-refractivity contribution in [3.05, 3.63) is 23.8 Å². The van der Waals surface area contributed by atoms with Gasteiger partial charge < -0.3 is 15.2 Å². The highest BCUT2D eigenvalue weighted by Gasteiger charge is 2.33. The summed E-state index contributed by atoms with van der Waals surface area (Å²) >= 11 is 0. The first-order chi connectivity index (χ1) is 13.3. The van der Waals surface area contributed by atoms with E-state index < -0.39 is 10.0 Å². The lowest BCUT2D eigenvalue weighted by atomic mass is 9.93. The Hall–Kier alpha value is -1.64. The molecule has 1 atom stereocenters. The molecule has 156 valence electrons. The minimum absolute atomic E-state index is 0.000163. The number of nitrogens with one attached hydrogen (secondary N) is 1. The second-order valence-corrected chi connectivity index (χ2v) is 9.66. The number of amides is 1. The Bertz CT molecular complexity index is 803. The minimum Gasteiger partial charge on any atom is -0.495 e. The first-order valence-corrected chi connectivity index (χ1v) is 11.5. The standard InChI is InChI=1S/C20H30N2O5S/c1-14-5-3-4-12-22(14)28(25,26)19-13-15(6-11-18(19)27-2)20(24)21-16-7-9-17(23)10-8-16/h6,11,13-14,16-17,23H,3-5,7-10,12H2,1-2H3,(H,21,24). The third kappa shape index (κ3) is 4.50. The molecule has 2 fully saturated rings. The van der Waals surface area contributed by atoms with E-state index in [1.54, 1.807) is 12.1 Å². The molecule has 0 aromatic heterocycles. The lowest BCUT2D eigenvalue weighted by Crippen LogP contribution is -2.42. The smallest absolute Gasteiger partial charge is 0.251 e. The summed E-state index contributed by atoms with van der Waals surface area (Å²) in [5.41, 5.74) is 0.301. The van der Waals surface area contributed by atoms with Gasteiger partial charge in [-0.2, -0.15) is 4.31 Å². The van der Waals surface area contributed by atoms with Crippen LogP contribution in [0.1, 0.15) is 62.2 Å². The van der Waals surface area contributed by atoms with Crippen LogP contribution in [0.2, 0.25) is 0 Å². The summed E-state index contributed by atoms with van der Waals surface area (Å²) < 4.78 is 33.3. The van der Waals surface area contributed by atoms with Crippen molar-refractivity contribution in [2.75, 3.05) is 13.7 Å². The average molecular weight is 411 g/mol. The predicted molar refractivity (Wildman–Crippen MR) is 106 cm³/mol. The quantitative estimate of drug-likeness (QED) is 0.776. The zero-order valence-electron chi connectivity index (χ0n) is 16.6. The number of nitrogens with zero attached hydrogens (tertiary/aromatic N) is 1. The Morgan fingerprint density at radius 2 is 1.89 bits per heavy atom. The van der Waals surface area contributed by atoms with Gasteiger partial charge in [-0.05, 0) is 63.6 Å². The third-order valence-corrected chi connectivity index (χ3v) is 7.82. The van der Waals surface area contributed by atoms with Gasteiger partial charge in [0.2, 0.25) is 10.0 Å². The summed E-state index contributed by atoms with van der Waals surface area (Å²) in [6.45, 7) is 2.39. The highest BCUT2D eigenvalue weighted by atomic mass is 32.2. The van der Waals surface area contributed by atoms with Crippen LogP contribution in [0.15, 0.2) is 23.1 Å². The van der Waals surface area contributed by atoms with E-state index in [1.165, 1.54) is 17.5 Å². The number of piperidine rings is 1. The molecule has 1 saturated carbocycles. The van der Waals surface area contributed by atoms with Gasteiger partial charge in [-0.3, -0.25) is 4.79 Å². The molecule has 0 radical (unpaired) electrons. The number of carbonyl (C=O) groups is 1. The maximum atomic E-state index is 13.3. The number of aliphatic hydroxyl groups is 1. The Morgan fingerprint density at radius 3 is 2.54 bits per heavy atom. The Balaban J connectivity index is 1.84. The van der Waals surface area contributed by atoms with Gasteiger partial charge in [0.15, 0.2) is 0 Å². The van der Waals surface area contributed by atoms with Gasteiger partial charge in [-0.1, -0.05) is 6.42 Å². The number of rotatable bonds is 5. The normalized spacial score (nSPS) is 26.6. The summed E-state index contributed by atoms with van der Waals surface area (Å²) in [4.78, 5) is 12.7. The SMILES string of the molecule is COc1ccc(C(=O)NC2CCC(O)CC2)cc1S(=O)(=O)N1CCCCC1C. The Labute approximate surface area is 167 Å². The van der Waals surface area contributed by atoms with E-state index in [0.29, 0.717) is 24.9 Å². The van der Waals surface area contributed by atoms with Crippen LogP contribution in [0.25, 0.3) is 0 Å². The average Bonchev–Trinajstić information content (AvgIpc) is 2.69. The van der Waals surface area contributed by atoms with Crippen molar-refractivity contribution >= 4 is 15.9 Å². The van der Waals surface area contributed by atoms with Crippen LogP contribution < -0.4 is 10.1 Å². The largest absolute Gasteiger partial charge is 0.495 e. The van der Waals surface area contributed by atoms with Crippen LogP contribution in [0.3, 0.4) is 0 Å². The van der Waals surface area contributed by atoms with Gasteiger partial charge in [-0.15, -0.1) is 0 Å². The van der Waals surface area contributed by atoms with Crippen molar-refractivity contribution < 1.29 is 23.1 Å². The van der Waals surface area contributed by atoms with Crippen molar-refractivity contribution in [1.29, 1.82) is 0 Å². The highest BCUT2D eigenvalue weighted by molar-refractivity contribution is 7.89. The molecule has 7 nitrogen and oxygen atoms in total. The number of carbonyl (C=O) groups excluding carboxylic acids is 1. The summed E-state index contributed by atoms with van der Waals surface area (Å²) in [6, 6.07) is 4.48. The third-order valence-electron chi connectivity index (χ3n) is 5.79. The molecular formula is C20H30N2O5S. The monoisotopic (exact) mass is 410 g/mol. The Kier molecular flexibility index (Phi) is 6.62. The topological polar surface area (TPSA) is 95.9 Å². The molecule has 8 heteroatoms. The Morgan fingerprint density at radius 1 is 1.18 bits per heavy atom. The van der Waals surface area contributed by atoms with Gasteiger partial charge in [-0.25, -0.2) is 8.42 Å². The molecule has 2 aliphatic rings. The van der Waals surface area contributed by atoms with Crippen LogP contribution in [0.4, 0.5) is 0 Å². The van der Waals surface area contributed by atoms with E-state index in [-0.39, 0.29) is 34.7 Å². The molecule has 1 unspecified atom stereocenters. The molecule has 0 bridgehead atoms. The molecule has 3 rings (SSSR count). The van der Waals surface area contributed by atoms with Crippen molar-refractivity contribution in [3.63, 3.8) is 0 Å². The van der Waals surface area contributed by atoms with Gasteiger partial charge in [0.25, 0.3) is 5.91 Å². The van der Waals surface area contributed by atoms with Crippen molar-refractivity contribution in [3.8, 4) is 5.75 Å². The van der Waals surface area contributed by atoms with Crippen LogP contribution in [-0.2, 0) is 10.0 Å². The van der Waals surface area contributed by atoms with Gasteiger partial charge in [0, 0.05) is 24.2 Å². The van der Waals surface area contributed by atoms with Gasteiger partial charge in [0.05, 0.1) is 13.2 Å². The van der Waals surface area contributed by atoms with Crippen molar-refractivity contribution in [2.45, 2.75) is 75.0 Å². The molecule has 1 aliphatic heterocycles. The molecule has 1 aromatic rings. The second kappa shape index (κ2) is 8.80. The fraction of sp³-hybridized carbons (Fsp3) is 0.650. The lowest BCUT2D eigenvalue weighted by molar-refractivity contribution is 0.0867. The number of benzene rings is 1. The number of ether oxygens (including phenoxy) is 1. The number of methoxy groups -OCH3 is 1. The fourth-order valence-electron chi connectivity index (χ4n) is 4.06. The van der Waals surface area contributed by atoms with Gasteiger partial charge >= 0.3 is 0 Å². The lowest BCUT2D eigenvalue weighted by Gasteiger charge is -2.32. The van der Waals surface area contributed by atoms with Crippen LogP contribution in [0, 0.1) is 0 Å². The molecule has 1 aromatic carbocycles. The molecule has 1 saturated heterocycles. The van der Waals surface area contributed by atoms with E-state index in [2.05, 4.69) is 5.32 Å². The number of sulfonamides is 1. The first-order valence-electron chi connectivity index (χ1n) is 10.0. The van der Waals surface area contributed by atoms with E-state index in [1.807, 2.05) is 6.92 Å². The highest BCUT2D eigenvalue weighted by Crippen LogP contribution is 2.32. The first kappa shape index (κ1) is 21.1.